The van der Waals surface area contributed by atoms with Crippen LogP contribution in [0.1, 0.15) is 55.3 Å². The van der Waals surface area contributed by atoms with Crippen molar-refractivity contribution in [3.8, 4) is 0 Å². The Morgan fingerprint density at radius 3 is 2.93 bits per heavy atom. The smallest absolute Gasteiger partial charge is 0.252 e. The first kappa shape index (κ1) is 18.1. The van der Waals surface area contributed by atoms with Crippen LogP contribution in [0.5, 0.6) is 0 Å². The van der Waals surface area contributed by atoms with Crippen LogP contribution in [-0.2, 0) is 9.53 Å². The van der Waals surface area contributed by atoms with Gasteiger partial charge in [-0.05, 0) is 43.7 Å². The van der Waals surface area contributed by atoms with Gasteiger partial charge in [0.25, 0.3) is 5.91 Å². The molecular formula is C22H29N3O3. The number of nitrogens with one attached hydrogen (secondary N) is 1. The lowest BCUT2D eigenvalue weighted by atomic mass is 9.73. The molecular weight excluding hydrogens is 354 g/mol. The Hall–Kier alpha value is -1.95. The number of pyridine rings is 1. The maximum atomic E-state index is 12.9. The van der Waals surface area contributed by atoms with E-state index in [0.29, 0.717) is 42.2 Å². The van der Waals surface area contributed by atoms with Gasteiger partial charge in [-0.3, -0.25) is 14.6 Å². The number of amides is 2. The number of ether oxygens (including phenoxy) is 1. The molecule has 0 aromatic carbocycles. The molecule has 4 heterocycles. The molecule has 1 aromatic rings. The van der Waals surface area contributed by atoms with Crippen molar-refractivity contribution >= 4 is 11.8 Å². The third kappa shape index (κ3) is 3.11. The van der Waals surface area contributed by atoms with Crippen molar-refractivity contribution in [3.05, 3.63) is 30.1 Å². The van der Waals surface area contributed by atoms with Crippen molar-refractivity contribution in [2.24, 2.45) is 17.8 Å². The Balaban J connectivity index is 1.22. The highest BCUT2D eigenvalue weighted by atomic mass is 16.5. The molecule has 1 saturated carbocycles. The number of hydrogen-bond donors (Lipinski definition) is 1. The van der Waals surface area contributed by atoms with Crippen molar-refractivity contribution in [3.63, 3.8) is 0 Å². The first-order valence-electron chi connectivity index (χ1n) is 10.8. The SMILES string of the molecule is O=C(NC[C@H]1[C@H]2CN(C(=O)CC3CCCC3)C[C@]23CC[C@H]1O3)c1cccnc1. The monoisotopic (exact) mass is 383 g/mol. The van der Waals surface area contributed by atoms with Crippen molar-refractivity contribution in [1.82, 2.24) is 15.2 Å². The molecule has 150 valence electrons. The molecule has 4 fully saturated rings. The summed E-state index contributed by atoms with van der Waals surface area (Å²) < 4.78 is 6.43. The molecule has 4 aliphatic rings. The van der Waals surface area contributed by atoms with Crippen LogP contribution in [0.15, 0.2) is 24.5 Å². The molecule has 1 spiro atoms. The quantitative estimate of drug-likeness (QED) is 0.848. The summed E-state index contributed by atoms with van der Waals surface area (Å²) in [4.78, 5) is 31.3. The normalized spacial score (nSPS) is 34.0. The Labute approximate surface area is 166 Å². The Bertz CT molecular complexity index is 749. The lowest BCUT2D eigenvalue weighted by Crippen LogP contribution is -2.41. The highest BCUT2D eigenvalue weighted by Crippen LogP contribution is 2.54. The van der Waals surface area contributed by atoms with Gasteiger partial charge in [-0.15, -0.1) is 0 Å². The molecule has 1 N–H and O–H groups in total. The van der Waals surface area contributed by atoms with E-state index < -0.39 is 0 Å². The van der Waals surface area contributed by atoms with Gasteiger partial charge in [0.2, 0.25) is 5.91 Å². The van der Waals surface area contributed by atoms with Crippen LogP contribution in [0.2, 0.25) is 0 Å². The Morgan fingerprint density at radius 1 is 1.29 bits per heavy atom. The highest BCUT2D eigenvalue weighted by molar-refractivity contribution is 5.93. The minimum Gasteiger partial charge on any atom is -0.369 e. The van der Waals surface area contributed by atoms with E-state index in [0.717, 1.165) is 25.9 Å². The number of hydrogen-bond acceptors (Lipinski definition) is 4. The molecule has 1 aliphatic carbocycles. The number of carbonyl (C=O) groups is 2. The Kier molecular flexibility index (Phi) is 4.62. The fourth-order valence-electron chi connectivity index (χ4n) is 6.05. The molecule has 5 rings (SSSR count). The number of aromatic nitrogens is 1. The third-order valence-corrected chi connectivity index (χ3v) is 7.50. The van der Waals surface area contributed by atoms with Gasteiger partial charge in [0.1, 0.15) is 0 Å². The van der Waals surface area contributed by atoms with Crippen LogP contribution in [0.3, 0.4) is 0 Å². The minimum atomic E-state index is -0.167. The first-order chi connectivity index (χ1) is 13.6. The lowest BCUT2D eigenvalue weighted by molar-refractivity contribution is -0.132. The zero-order valence-corrected chi connectivity index (χ0v) is 16.3. The second-order valence-electron chi connectivity index (χ2n) is 9.11. The minimum absolute atomic E-state index is 0.0860. The molecule has 2 bridgehead atoms. The molecule has 0 unspecified atom stereocenters. The molecule has 6 heteroatoms. The largest absolute Gasteiger partial charge is 0.369 e. The van der Waals surface area contributed by atoms with Gasteiger partial charge < -0.3 is 15.0 Å². The van der Waals surface area contributed by atoms with E-state index >= 15 is 0 Å². The van der Waals surface area contributed by atoms with Gasteiger partial charge in [-0.1, -0.05) is 12.8 Å². The fourth-order valence-corrected chi connectivity index (χ4v) is 6.05. The van der Waals surface area contributed by atoms with E-state index in [4.69, 9.17) is 4.74 Å². The van der Waals surface area contributed by atoms with E-state index in [-0.39, 0.29) is 17.6 Å². The molecule has 3 saturated heterocycles. The van der Waals surface area contributed by atoms with Crippen molar-refractivity contribution < 1.29 is 14.3 Å². The van der Waals surface area contributed by atoms with Gasteiger partial charge in [0.15, 0.2) is 0 Å². The molecule has 6 nitrogen and oxygen atoms in total. The third-order valence-electron chi connectivity index (χ3n) is 7.50. The predicted octanol–water partition coefficient (Wildman–Crippen LogP) is 2.40. The second kappa shape index (κ2) is 7.14. The molecule has 3 aliphatic heterocycles. The van der Waals surface area contributed by atoms with E-state index in [1.54, 1.807) is 24.5 Å². The highest BCUT2D eigenvalue weighted by Gasteiger charge is 2.63. The van der Waals surface area contributed by atoms with E-state index in [1.165, 1.54) is 25.7 Å². The number of rotatable bonds is 5. The molecule has 28 heavy (non-hydrogen) atoms. The van der Waals surface area contributed by atoms with Gasteiger partial charge in [-0.2, -0.15) is 0 Å². The molecule has 0 radical (unpaired) electrons. The summed E-state index contributed by atoms with van der Waals surface area (Å²) in [5, 5.41) is 3.08. The van der Waals surface area contributed by atoms with Gasteiger partial charge in [-0.25, -0.2) is 0 Å². The summed E-state index contributed by atoms with van der Waals surface area (Å²) in [7, 11) is 0. The average Bonchev–Trinajstić information content (AvgIpc) is 3.48. The van der Waals surface area contributed by atoms with E-state index in [2.05, 4.69) is 15.2 Å². The Morgan fingerprint density at radius 2 is 2.14 bits per heavy atom. The van der Waals surface area contributed by atoms with Crippen LogP contribution in [0, 0.1) is 17.8 Å². The molecule has 2 amide bonds. The van der Waals surface area contributed by atoms with Crippen molar-refractivity contribution in [2.75, 3.05) is 19.6 Å². The number of fused-ring (bicyclic) bond motifs is 1. The summed E-state index contributed by atoms with van der Waals surface area (Å²) in [5.74, 6) is 1.43. The van der Waals surface area contributed by atoms with Crippen molar-refractivity contribution in [1.29, 1.82) is 0 Å². The summed E-state index contributed by atoms with van der Waals surface area (Å²) in [6.07, 6.45) is 11.2. The van der Waals surface area contributed by atoms with Gasteiger partial charge >= 0.3 is 0 Å². The number of nitrogens with zero attached hydrogens (tertiary/aromatic N) is 2. The van der Waals surface area contributed by atoms with Gasteiger partial charge in [0, 0.05) is 43.7 Å². The maximum absolute atomic E-state index is 12.9. The fraction of sp³-hybridized carbons (Fsp3) is 0.682. The average molecular weight is 383 g/mol. The van der Waals surface area contributed by atoms with Crippen LogP contribution < -0.4 is 5.32 Å². The summed E-state index contributed by atoms with van der Waals surface area (Å²) in [6, 6.07) is 3.55. The topological polar surface area (TPSA) is 71.5 Å². The van der Waals surface area contributed by atoms with E-state index in [1.807, 2.05) is 0 Å². The molecule has 4 atom stereocenters. The number of likely N-dealkylation sites (tertiary alicyclic amines) is 1. The lowest BCUT2D eigenvalue weighted by Gasteiger charge is -2.29. The van der Waals surface area contributed by atoms with Crippen LogP contribution >= 0.6 is 0 Å². The summed E-state index contributed by atoms with van der Waals surface area (Å²) >= 11 is 0. The van der Waals surface area contributed by atoms with Crippen LogP contribution in [0.25, 0.3) is 0 Å². The predicted molar refractivity (Wildman–Crippen MR) is 104 cm³/mol. The zero-order valence-electron chi connectivity index (χ0n) is 16.3. The standard InChI is InChI=1S/C22H29N3O3/c26-20(10-15-4-1-2-5-15)25-13-18-17(19-7-8-22(18,14-25)28-19)12-24-21(27)16-6-3-9-23-11-16/h3,6,9,11,15,17-19H,1-2,4-5,7-8,10,12-14H2,(H,24,27)/t17-,18+,19+,22+/m0/s1. The zero-order chi connectivity index (χ0) is 19.1. The van der Waals surface area contributed by atoms with Crippen molar-refractivity contribution in [2.45, 2.75) is 56.7 Å². The summed E-state index contributed by atoms with van der Waals surface area (Å²) in [6.45, 7) is 2.14. The first-order valence-corrected chi connectivity index (χ1v) is 10.8. The summed E-state index contributed by atoms with van der Waals surface area (Å²) in [5.41, 5.74) is 0.417. The van der Waals surface area contributed by atoms with Crippen LogP contribution in [0.4, 0.5) is 0 Å². The van der Waals surface area contributed by atoms with E-state index in [9.17, 15) is 9.59 Å². The molecule has 1 aromatic heterocycles. The van der Waals surface area contributed by atoms with Gasteiger partial charge in [0.05, 0.1) is 23.8 Å². The number of carbonyl (C=O) groups excluding carboxylic acids is 2. The van der Waals surface area contributed by atoms with Crippen LogP contribution in [-0.4, -0.2) is 53.0 Å². The maximum Gasteiger partial charge on any atom is 0.252 e. The second-order valence-corrected chi connectivity index (χ2v) is 9.11.